The molecule has 0 spiro atoms. The van der Waals surface area contributed by atoms with Crippen LogP contribution in [0.5, 0.6) is 0 Å². The first-order valence-corrected chi connectivity index (χ1v) is 4.74. The molecule has 0 aromatic carbocycles. The van der Waals surface area contributed by atoms with E-state index in [1.165, 1.54) is 18.5 Å². The third kappa shape index (κ3) is 2.61. The minimum absolute atomic E-state index is 0.321. The molecule has 0 bridgehead atoms. The van der Waals surface area contributed by atoms with Crippen LogP contribution in [-0.2, 0) is 0 Å². The molecule has 12 heavy (non-hydrogen) atoms. The number of hydrogen-bond acceptors (Lipinski definition) is 2. The molecule has 0 aliphatic carbocycles. The molecule has 70 valence electrons. The highest BCUT2D eigenvalue weighted by Crippen LogP contribution is 2.18. The van der Waals surface area contributed by atoms with Gasteiger partial charge in [-0.25, -0.2) is 0 Å². The van der Waals surface area contributed by atoms with Gasteiger partial charge in [0.25, 0.3) is 0 Å². The number of nitrogens with zero attached hydrogens (tertiary/aromatic N) is 1. The van der Waals surface area contributed by atoms with Crippen molar-refractivity contribution in [3.05, 3.63) is 11.6 Å². The smallest absolute Gasteiger partial charge is 0.0434 e. The number of hydrogen-bond donors (Lipinski definition) is 1. The Kier molecular flexibility index (Phi) is 3.76. The van der Waals surface area contributed by atoms with Gasteiger partial charge in [0.1, 0.15) is 0 Å². The van der Waals surface area contributed by atoms with E-state index in [-0.39, 0.29) is 0 Å². The second-order valence-corrected chi connectivity index (χ2v) is 3.62. The van der Waals surface area contributed by atoms with Gasteiger partial charge in [0, 0.05) is 19.2 Å². The molecule has 1 rings (SSSR count). The highest BCUT2D eigenvalue weighted by atomic mass is 16.2. The largest absolute Gasteiger partial charge is 0.396 e. The molecule has 1 N–H and O–H groups in total. The van der Waals surface area contributed by atoms with Gasteiger partial charge in [-0.3, -0.25) is 4.90 Å². The van der Waals surface area contributed by atoms with Crippen molar-refractivity contribution < 1.29 is 5.11 Å². The first kappa shape index (κ1) is 9.75. The monoisotopic (exact) mass is 169 g/mol. The molecule has 2 heteroatoms. The summed E-state index contributed by atoms with van der Waals surface area (Å²) in [4.78, 5) is 2.35. The Labute approximate surface area is 74.9 Å². The summed E-state index contributed by atoms with van der Waals surface area (Å²) in [7, 11) is 2.16. The van der Waals surface area contributed by atoms with Crippen molar-refractivity contribution in [2.75, 3.05) is 20.2 Å². The van der Waals surface area contributed by atoms with Crippen molar-refractivity contribution in [2.45, 2.75) is 32.2 Å². The van der Waals surface area contributed by atoms with E-state index in [9.17, 15) is 0 Å². The molecule has 0 saturated heterocycles. The van der Waals surface area contributed by atoms with Gasteiger partial charge in [0.2, 0.25) is 0 Å². The minimum Gasteiger partial charge on any atom is -0.396 e. The molecule has 0 aromatic rings. The molecule has 1 aliphatic rings. The fraction of sp³-hybridized carbons (Fsp3) is 0.800. The van der Waals surface area contributed by atoms with Crippen molar-refractivity contribution in [3.8, 4) is 0 Å². The Morgan fingerprint density at radius 2 is 2.42 bits per heavy atom. The lowest BCUT2D eigenvalue weighted by Gasteiger charge is -2.28. The summed E-state index contributed by atoms with van der Waals surface area (Å²) in [6.07, 6.45) is 5.51. The SMILES string of the molecule is CC1C=C(CCCO)CCN1C. The van der Waals surface area contributed by atoms with Gasteiger partial charge in [-0.15, -0.1) is 0 Å². The number of likely N-dealkylation sites (N-methyl/N-ethyl adjacent to an activating group) is 1. The summed E-state index contributed by atoms with van der Waals surface area (Å²) in [5, 5.41) is 8.68. The van der Waals surface area contributed by atoms with Crippen LogP contribution in [0.25, 0.3) is 0 Å². The Morgan fingerprint density at radius 1 is 1.67 bits per heavy atom. The second-order valence-electron chi connectivity index (χ2n) is 3.62. The van der Waals surface area contributed by atoms with Crippen LogP contribution >= 0.6 is 0 Å². The zero-order chi connectivity index (χ0) is 8.97. The summed E-state index contributed by atoms with van der Waals surface area (Å²) in [6, 6.07) is 0.576. The summed E-state index contributed by atoms with van der Waals surface area (Å²) in [6.45, 7) is 3.71. The Balaban J connectivity index is 2.39. The van der Waals surface area contributed by atoms with Crippen LogP contribution in [-0.4, -0.2) is 36.2 Å². The van der Waals surface area contributed by atoms with Crippen LogP contribution in [0.4, 0.5) is 0 Å². The predicted octanol–water partition coefficient (Wildman–Crippen LogP) is 1.41. The lowest BCUT2D eigenvalue weighted by molar-refractivity contribution is 0.272. The maximum absolute atomic E-state index is 8.68. The van der Waals surface area contributed by atoms with E-state index in [0.717, 1.165) is 12.8 Å². The van der Waals surface area contributed by atoms with Gasteiger partial charge in [0.15, 0.2) is 0 Å². The van der Waals surface area contributed by atoms with Crippen LogP contribution in [0.1, 0.15) is 26.2 Å². The number of aliphatic hydroxyl groups excluding tert-OH is 1. The first-order chi connectivity index (χ1) is 5.74. The average Bonchev–Trinajstić information content (AvgIpc) is 2.07. The third-order valence-corrected chi connectivity index (χ3v) is 2.61. The van der Waals surface area contributed by atoms with Crippen molar-refractivity contribution in [3.63, 3.8) is 0 Å². The molecular weight excluding hydrogens is 150 g/mol. The van der Waals surface area contributed by atoms with Crippen LogP contribution in [0.2, 0.25) is 0 Å². The Bertz CT molecular complexity index is 165. The van der Waals surface area contributed by atoms with E-state index in [1.807, 2.05) is 0 Å². The molecule has 1 aliphatic heterocycles. The average molecular weight is 169 g/mol. The molecule has 1 heterocycles. The fourth-order valence-corrected chi connectivity index (χ4v) is 1.59. The summed E-state index contributed by atoms with van der Waals surface area (Å²) in [5.41, 5.74) is 1.52. The van der Waals surface area contributed by atoms with Gasteiger partial charge >= 0.3 is 0 Å². The predicted molar refractivity (Wildman–Crippen MR) is 51.1 cm³/mol. The summed E-state index contributed by atoms with van der Waals surface area (Å²) in [5.74, 6) is 0. The molecule has 0 radical (unpaired) electrons. The van der Waals surface area contributed by atoms with E-state index in [0.29, 0.717) is 12.6 Å². The topological polar surface area (TPSA) is 23.5 Å². The van der Waals surface area contributed by atoms with Gasteiger partial charge in [-0.05, 0) is 33.2 Å². The molecular formula is C10H19NO. The van der Waals surface area contributed by atoms with Crippen molar-refractivity contribution in [1.82, 2.24) is 4.90 Å². The summed E-state index contributed by atoms with van der Waals surface area (Å²) < 4.78 is 0. The Morgan fingerprint density at radius 3 is 3.00 bits per heavy atom. The second kappa shape index (κ2) is 4.63. The van der Waals surface area contributed by atoms with Crippen molar-refractivity contribution >= 4 is 0 Å². The molecule has 1 atom stereocenters. The number of aliphatic hydroxyl groups is 1. The maximum Gasteiger partial charge on any atom is 0.0434 e. The standard InChI is InChI=1S/C10H19NO/c1-9-8-10(4-3-7-12)5-6-11(9)2/h8-9,12H,3-7H2,1-2H3. The van der Waals surface area contributed by atoms with Crippen molar-refractivity contribution in [2.24, 2.45) is 0 Å². The third-order valence-electron chi connectivity index (χ3n) is 2.61. The van der Waals surface area contributed by atoms with Gasteiger partial charge in [-0.1, -0.05) is 11.6 Å². The van der Waals surface area contributed by atoms with Crippen LogP contribution < -0.4 is 0 Å². The molecule has 0 aromatic heterocycles. The normalized spacial score (nSPS) is 25.6. The first-order valence-electron chi connectivity index (χ1n) is 4.74. The maximum atomic E-state index is 8.68. The van der Waals surface area contributed by atoms with E-state index < -0.39 is 0 Å². The van der Waals surface area contributed by atoms with E-state index in [4.69, 9.17) is 5.11 Å². The van der Waals surface area contributed by atoms with E-state index >= 15 is 0 Å². The van der Waals surface area contributed by atoms with Gasteiger partial charge in [0.05, 0.1) is 0 Å². The summed E-state index contributed by atoms with van der Waals surface area (Å²) >= 11 is 0. The lowest BCUT2D eigenvalue weighted by Crippen LogP contribution is -2.32. The minimum atomic E-state index is 0.321. The Hall–Kier alpha value is -0.340. The highest BCUT2D eigenvalue weighted by molar-refractivity contribution is 5.10. The zero-order valence-electron chi connectivity index (χ0n) is 8.08. The van der Waals surface area contributed by atoms with Gasteiger partial charge in [-0.2, -0.15) is 0 Å². The zero-order valence-corrected chi connectivity index (χ0v) is 8.08. The van der Waals surface area contributed by atoms with Crippen LogP contribution in [0.3, 0.4) is 0 Å². The van der Waals surface area contributed by atoms with Gasteiger partial charge < -0.3 is 5.11 Å². The highest BCUT2D eigenvalue weighted by Gasteiger charge is 2.13. The molecule has 0 saturated carbocycles. The van der Waals surface area contributed by atoms with E-state index in [1.54, 1.807) is 0 Å². The van der Waals surface area contributed by atoms with Crippen molar-refractivity contribution in [1.29, 1.82) is 0 Å². The fourth-order valence-electron chi connectivity index (χ4n) is 1.59. The van der Waals surface area contributed by atoms with Crippen LogP contribution in [0.15, 0.2) is 11.6 Å². The van der Waals surface area contributed by atoms with Crippen LogP contribution in [0, 0.1) is 0 Å². The van der Waals surface area contributed by atoms with E-state index in [2.05, 4.69) is 24.9 Å². The molecule has 1 unspecified atom stereocenters. The molecule has 0 fully saturated rings. The molecule has 2 nitrogen and oxygen atoms in total. The lowest BCUT2D eigenvalue weighted by atomic mass is 10.00. The number of rotatable bonds is 3. The quantitative estimate of drug-likeness (QED) is 0.646. The molecule has 0 amide bonds.